The van der Waals surface area contributed by atoms with Crippen LogP contribution in [0.4, 0.5) is 5.69 Å². The van der Waals surface area contributed by atoms with Crippen LogP contribution in [0.15, 0.2) is 18.2 Å². The van der Waals surface area contributed by atoms with Gasteiger partial charge in [-0.1, -0.05) is 31.5 Å². The number of hydrogen-bond acceptors (Lipinski definition) is 2. The predicted molar refractivity (Wildman–Crippen MR) is 90.7 cm³/mol. The first-order valence-electron chi connectivity index (χ1n) is 8.64. The summed E-state index contributed by atoms with van der Waals surface area (Å²) in [6.07, 6.45) is 5.05. The summed E-state index contributed by atoms with van der Waals surface area (Å²) < 4.78 is 0. The third-order valence-electron chi connectivity index (χ3n) is 5.61. The Morgan fingerprint density at radius 1 is 1.24 bits per heavy atom. The Kier molecular flexibility index (Phi) is 4.26. The van der Waals surface area contributed by atoms with E-state index in [1.165, 1.54) is 49.0 Å². The quantitative estimate of drug-likeness (QED) is 0.897. The number of benzene rings is 1. The second kappa shape index (κ2) is 6.00. The van der Waals surface area contributed by atoms with Crippen LogP contribution in [0, 0.1) is 24.7 Å². The third-order valence-corrected chi connectivity index (χ3v) is 5.61. The normalized spacial score (nSPS) is 32.9. The topological polar surface area (TPSA) is 29.3 Å². The summed E-state index contributed by atoms with van der Waals surface area (Å²) in [5.74, 6) is 2.19. The van der Waals surface area contributed by atoms with Gasteiger partial charge >= 0.3 is 0 Å². The van der Waals surface area contributed by atoms with Crippen molar-refractivity contribution in [3.8, 4) is 0 Å². The van der Waals surface area contributed by atoms with E-state index >= 15 is 0 Å². The first kappa shape index (κ1) is 14.9. The SMILES string of the molecule is Cc1ccc2c(c1)CCCN2CC1C(C)CC(C)CC1N. The smallest absolute Gasteiger partial charge is 0.0399 e. The van der Waals surface area contributed by atoms with Gasteiger partial charge in [0, 0.05) is 24.8 Å². The molecule has 0 spiro atoms. The van der Waals surface area contributed by atoms with Crippen LogP contribution in [0.5, 0.6) is 0 Å². The fourth-order valence-corrected chi connectivity index (χ4v) is 4.53. The zero-order valence-electron chi connectivity index (χ0n) is 13.8. The molecular weight excluding hydrogens is 256 g/mol. The van der Waals surface area contributed by atoms with E-state index in [0.717, 1.165) is 18.4 Å². The maximum Gasteiger partial charge on any atom is 0.0399 e. The average molecular weight is 286 g/mol. The summed E-state index contributed by atoms with van der Waals surface area (Å²) in [6.45, 7) is 9.29. The lowest BCUT2D eigenvalue weighted by atomic mass is 9.72. The molecule has 1 aliphatic carbocycles. The number of hydrogen-bond donors (Lipinski definition) is 1. The maximum absolute atomic E-state index is 6.49. The van der Waals surface area contributed by atoms with E-state index in [4.69, 9.17) is 5.73 Å². The first-order chi connectivity index (χ1) is 10.0. The standard InChI is InChI=1S/C19H30N2/c1-13-6-7-19-16(10-13)5-4-8-21(19)12-17-15(3)9-14(2)11-18(17)20/h6-7,10,14-15,17-18H,4-5,8-9,11-12,20H2,1-3H3. The molecule has 0 radical (unpaired) electrons. The molecule has 1 fully saturated rings. The van der Waals surface area contributed by atoms with Crippen LogP contribution < -0.4 is 10.6 Å². The van der Waals surface area contributed by atoms with Gasteiger partial charge in [0.25, 0.3) is 0 Å². The van der Waals surface area contributed by atoms with Crippen molar-refractivity contribution in [2.24, 2.45) is 23.5 Å². The van der Waals surface area contributed by atoms with Crippen LogP contribution >= 0.6 is 0 Å². The van der Waals surface area contributed by atoms with Crippen LogP contribution in [-0.4, -0.2) is 19.1 Å². The molecule has 1 aliphatic heterocycles. The molecule has 2 aliphatic rings. The molecule has 3 rings (SSSR count). The molecule has 2 nitrogen and oxygen atoms in total. The number of nitrogens with zero attached hydrogens (tertiary/aromatic N) is 1. The van der Waals surface area contributed by atoms with E-state index in [1.54, 1.807) is 0 Å². The molecule has 0 aromatic heterocycles. The fourth-order valence-electron chi connectivity index (χ4n) is 4.53. The highest BCUT2D eigenvalue weighted by atomic mass is 15.1. The molecule has 0 amide bonds. The molecule has 4 unspecified atom stereocenters. The van der Waals surface area contributed by atoms with Gasteiger partial charge in [-0.05, 0) is 62.0 Å². The fraction of sp³-hybridized carbons (Fsp3) is 0.684. The number of nitrogens with two attached hydrogens (primary N) is 1. The highest BCUT2D eigenvalue weighted by Gasteiger charge is 2.33. The van der Waals surface area contributed by atoms with E-state index in [9.17, 15) is 0 Å². The van der Waals surface area contributed by atoms with Gasteiger partial charge in [-0.25, -0.2) is 0 Å². The van der Waals surface area contributed by atoms with E-state index in [0.29, 0.717) is 12.0 Å². The number of fused-ring (bicyclic) bond motifs is 1. The summed E-state index contributed by atoms with van der Waals surface area (Å²) in [5, 5.41) is 0. The first-order valence-corrected chi connectivity index (χ1v) is 8.64. The minimum atomic E-state index is 0.375. The molecule has 0 bridgehead atoms. The van der Waals surface area contributed by atoms with Crippen molar-refractivity contribution < 1.29 is 0 Å². The Bertz CT molecular complexity index is 484. The highest BCUT2D eigenvalue weighted by molar-refractivity contribution is 5.56. The van der Waals surface area contributed by atoms with Gasteiger partial charge in [-0.15, -0.1) is 0 Å². The molecular formula is C19H30N2. The van der Waals surface area contributed by atoms with Crippen molar-refractivity contribution in [2.45, 2.75) is 52.5 Å². The molecule has 0 saturated heterocycles. The van der Waals surface area contributed by atoms with Crippen molar-refractivity contribution in [3.05, 3.63) is 29.3 Å². The Hall–Kier alpha value is -1.02. The van der Waals surface area contributed by atoms with Gasteiger partial charge in [-0.2, -0.15) is 0 Å². The van der Waals surface area contributed by atoms with Gasteiger partial charge in [0.1, 0.15) is 0 Å². The average Bonchev–Trinajstić information content (AvgIpc) is 2.42. The van der Waals surface area contributed by atoms with Gasteiger partial charge in [0.15, 0.2) is 0 Å². The van der Waals surface area contributed by atoms with Crippen LogP contribution in [0.2, 0.25) is 0 Å². The molecule has 2 heteroatoms. The van der Waals surface area contributed by atoms with Crippen molar-refractivity contribution in [2.75, 3.05) is 18.0 Å². The van der Waals surface area contributed by atoms with Crippen molar-refractivity contribution in [1.82, 2.24) is 0 Å². The summed E-state index contributed by atoms with van der Waals surface area (Å²) >= 11 is 0. The second-order valence-corrected chi connectivity index (χ2v) is 7.56. The minimum Gasteiger partial charge on any atom is -0.371 e. The maximum atomic E-state index is 6.49. The van der Waals surface area contributed by atoms with Gasteiger partial charge in [-0.3, -0.25) is 0 Å². The molecule has 21 heavy (non-hydrogen) atoms. The highest BCUT2D eigenvalue weighted by Crippen LogP contribution is 2.36. The van der Waals surface area contributed by atoms with E-state index in [-0.39, 0.29) is 0 Å². The summed E-state index contributed by atoms with van der Waals surface area (Å²) in [7, 11) is 0. The van der Waals surface area contributed by atoms with Crippen LogP contribution in [0.25, 0.3) is 0 Å². The molecule has 1 aromatic carbocycles. The number of rotatable bonds is 2. The van der Waals surface area contributed by atoms with Crippen molar-refractivity contribution >= 4 is 5.69 Å². The molecule has 4 atom stereocenters. The molecule has 1 saturated carbocycles. The summed E-state index contributed by atoms with van der Waals surface area (Å²) in [5.41, 5.74) is 10.9. The Labute approximate surface area is 129 Å². The largest absolute Gasteiger partial charge is 0.371 e. The molecule has 1 heterocycles. The van der Waals surface area contributed by atoms with Gasteiger partial charge in [0.2, 0.25) is 0 Å². The predicted octanol–water partition coefficient (Wildman–Crippen LogP) is 3.76. The summed E-state index contributed by atoms with van der Waals surface area (Å²) in [6, 6.07) is 7.32. The Morgan fingerprint density at radius 2 is 2.05 bits per heavy atom. The second-order valence-electron chi connectivity index (χ2n) is 7.56. The Morgan fingerprint density at radius 3 is 2.81 bits per heavy atom. The molecule has 1 aromatic rings. The zero-order valence-corrected chi connectivity index (χ0v) is 13.8. The van der Waals surface area contributed by atoms with Gasteiger partial charge < -0.3 is 10.6 Å². The lowest BCUT2D eigenvalue weighted by Gasteiger charge is -2.42. The van der Waals surface area contributed by atoms with E-state index in [1.807, 2.05) is 0 Å². The minimum absolute atomic E-state index is 0.375. The lowest BCUT2D eigenvalue weighted by Crippen LogP contribution is -2.47. The zero-order chi connectivity index (χ0) is 15.0. The number of aryl methyl sites for hydroxylation is 2. The van der Waals surface area contributed by atoms with E-state index < -0.39 is 0 Å². The third kappa shape index (κ3) is 3.11. The molecule has 2 N–H and O–H groups in total. The number of anilines is 1. The van der Waals surface area contributed by atoms with Gasteiger partial charge in [0.05, 0.1) is 0 Å². The van der Waals surface area contributed by atoms with Crippen LogP contribution in [-0.2, 0) is 6.42 Å². The summed E-state index contributed by atoms with van der Waals surface area (Å²) in [4.78, 5) is 2.61. The van der Waals surface area contributed by atoms with Crippen molar-refractivity contribution in [1.29, 1.82) is 0 Å². The van der Waals surface area contributed by atoms with Crippen LogP contribution in [0.3, 0.4) is 0 Å². The molecule has 116 valence electrons. The van der Waals surface area contributed by atoms with Crippen molar-refractivity contribution in [3.63, 3.8) is 0 Å². The Balaban J connectivity index is 1.77. The van der Waals surface area contributed by atoms with E-state index in [2.05, 4.69) is 43.9 Å². The monoisotopic (exact) mass is 286 g/mol. The lowest BCUT2D eigenvalue weighted by molar-refractivity contribution is 0.176. The van der Waals surface area contributed by atoms with Crippen LogP contribution in [0.1, 0.15) is 44.2 Å².